The van der Waals surface area contributed by atoms with Crippen LogP contribution in [-0.4, -0.2) is 6.04 Å². The van der Waals surface area contributed by atoms with Crippen LogP contribution >= 0.6 is 0 Å². The zero-order valence-electron chi connectivity index (χ0n) is 7.74. The first kappa shape index (κ1) is 7.57. The average molecular weight is 173 g/mol. The molecule has 1 fully saturated rings. The molecule has 1 aromatic carbocycles. The van der Waals surface area contributed by atoms with Crippen molar-refractivity contribution in [2.75, 3.05) is 0 Å². The molecule has 0 radical (unpaired) electrons. The van der Waals surface area contributed by atoms with Crippen LogP contribution in [0.4, 0.5) is 0 Å². The molecule has 2 N–H and O–H groups in total. The summed E-state index contributed by atoms with van der Waals surface area (Å²) in [7, 11) is 0. The number of hydrogen-bond donors (Lipinski definition) is 1. The lowest BCUT2D eigenvalue weighted by Crippen LogP contribution is -2.07. The van der Waals surface area contributed by atoms with Crippen molar-refractivity contribution >= 4 is 0 Å². The van der Waals surface area contributed by atoms with Crippen molar-refractivity contribution in [2.45, 2.75) is 31.2 Å². The summed E-state index contributed by atoms with van der Waals surface area (Å²) in [5.74, 6) is 1.58. The van der Waals surface area contributed by atoms with E-state index in [0.717, 1.165) is 11.8 Å². The first-order chi connectivity index (χ1) is 6.36. The summed E-state index contributed by atoms with van der Waals surface area (Å²) in [6.45, 7) is 0. The van der Waals surface area contributed by atoms with Gasteiger partial charge in [-0.25, -0.2) is 0 Å². The molecule has 0 bridgehead atoms. The molecule has 1 aromatic rings. The zero-order chi connectivity index (χ0) is 8.84. The van der Waals surface area contributed by atoms with Gasteiger partial charge < -0.3 is 5.73 Å². The minimum atomic E-state index is 0.496. The Hall–Kier alpha value is -0.820. The standard InChI is InChI=1S/C12H15N/c13-12-7-11(12)10-6-5-8-3-1-2-4-9(8)10/h1-4,10-12H,5-7,13H2/t10?,11-,12+/m0/s1. The van der Waals surface area contributed by atoms with Gasteiger partial charge >= 0.3 is 0 Å². The highest BCUT2D eigenvalue weighted by Crippen LogP contribution is 2.48. The Morgan fingerprint density at radius 1 is 1.23 bits per heavy atom. The van der Waals surface area contributed by atoms with Crippen LogP contribution in [-0.2, 0) is 6.42 Å². The van der Waals surface area contributed by atoms with Gasteiger partial charge in [0, 0.05) is 6.04 Å². The third-order valence-corrected chi connectivity index (χ3v) is 3.59. The molecule has 13 heavy (non-hydrogen) atoms. The highest BCUT2D eigenvalue weighted by Gasteiger charge is 2.42. The van der Waals surface area contributed by atoms with Crippen LogP contribution in [0, 0.1) is 5.92 Å². The van der Waals surface area contributed by atoms with E-state index in [9.17, 15) is 0 Å². The molecule has 0 spiro atoms. The lowest BCUT2D eigenvalue weighted by molar-refractivity contribution is 0.584. The van der Waals surface area contributed by atoms with Gasteiger partial charge in [-0.05, 0) is 42.2 Å². The van der Waals surface area contributed by atoms with Gasteiger partial charge in [0.25, 0.3) is 0 Å². The molecular formula is C12H15N. The largest absolute Gasteiger partial charge is 0.327 e. The number of aryl methyl sites for hydroxylation is 1. The molecule has 3 atom stereocenters. The van der Waals surface area contributed by atoms with E-state index in [1.807, 2.05) is 0 Å². The van der Waals surface area contributed by atoms with E-state index in [4.69, 9.17) is 5.73 Å². The van der Waals surface area contributed by atoms with Crippen molar-refractivity contribution in [3.05, 3.63) is 35.4 Å². The Bertz CT molecular complexity index is 332. The van der Waals surface area contributed by atoms with Crippen molar-refractivity contribution in [1.29, 1.82) is 0 Å². The molecule has 3 rings (SSSR count). The highest BCUT2D eigenvalue weighted by molar-refractivity contribution is 5.36. The number of hydrogen-bond acceptors (Lipinski definition) is 1. The molecule has 0 aromatic heterocycles. The van der Waals surface area contributed by atoms with Gasteiger partial charge in [0.1, 0.15) is 0 Å². The van der Waals surface area contributed by atoms with Crippen molar-refractivity contribution in [1.82, 2.24) is 0 Å². The Labute approximate surface area is 78.9 Å². The van der Waals surface area contributed by atoms with Crippen LogP contribution in [0.5, 0.6) is 0 Å². The molecule has 2 aliphatic carbocycles. The van der Waals surface area contributed by atoms with E-state index >= 15 is 0 Å². The fourth-order valence-electron chi connectivity index (χ4n) is 2.73. The quantitative estimate of drug-likeness (QED) is 0.691. The molecule has 1 saturated carbocycles. The van der Waals surface area contributed by atoms with Crippen LogP contribution in [0.2, 0.25) is 0 Å². The first-order valence-corrected chi connectivity index (χ1v) is 5.19. The van der Waals surface area contributed by atoms with Gasteiger partial charge in [0.05, 0.1) is 0 Å². The number of fused-ring (bicyclic) bond motifs is 1. The predicted octanol–water partition coefficient (Wildman–Crippen LogP) is 2.06. The van der Waals surface area contributed by atoms with E-state index in [2.05, 4.69) is 24.3 Å². The summed E-state index contributed by atoms with van der Waals surface area (Å²) in [6.07, 6.45) is 3.85. The maximum absolute atomic E-state index is 5.90. The monoisotopic (exact) mass is 173 g/mol. The topological polar surface area (TPSA) is 26.0 Å². The van der Waals surface area contributed by atoms with Gasteiger partial charge in [-0.15, -0.1) is 0 Å². The Morgan fingerprint density at radius 3 is 2.77 bits per heavy atom. The first-order valence-electron chi connectivity index (χ1n) is 5.19. The molecule has 0 saturated heterocycles. The fourth-order valence-corrected chi connectivity index (χ4v) is 2.73. The van der Waals surface area contributed by atoms with E-state index in [1.165, 1.54) is 19.3 Å². The third-order valence-electron chi connectivity index (χ3n) is 3.59. The summed E-state index contributed by atoms with van der Waals surface area (Å²) in [4.78, 5) is 0. The fraction of sp³-hybridized carbons (Fsp3) is 0.500. The average Bonchev–Trinajstić information content (AvgIpc) is 2.74. The van der Waals surface area contributed by atoms with Crippen LogP contribution < -0.4 is 5.73 Å². The zero-order valence-corrected chi connectivity index (χ0v) is 7.74. The molecule has 2 aliphatic rings. The molecule has 0 amide bonds. The van der Waals surface area contributed by atoms with Crippen molar-refractivity contribution < 1.29 is 0 Å². The minimum absolute atomic E-state index is 0.496. The molecule has 68 valence electrons. The van der Waals surface area contributed by atoms with E-state index < -0.39 is 0 Å². The second-order valence-electron chi connectivity index (χ2n) is 4.41. The molecule has 0 aliphatic heterocycles. The van der Waals surface area contributed by atoms with Crippen LogP contribution in [0.1, 0.15) is 29.9 Å². The lowest BCUT2D eigenvalue weighted by atomic mass is 9.96. The second kappa shape index (κ2) is 2.58. The summed E-state index contributed by atoms with van der Waals surface area (Å²) in [5.41, 5.74) is 9.05. The van der Waals surface area contributed by atoms with Gasteiger partial charge in [-0.1, -0.05) is 24.3 Å². The number of nitrogens with two attached hydrogens (primary N) is 1. The molecular weight excluding hydrogens is 158 g/mol. The minimum Gasteiger partial charge on any atom is -0.327 e. The normalized spacial score (nSPS) is 35.9. The number of rotatable bonds is 1. The Morgan fingerprint density at radius 2 is 2.00 bits per heavy atom. The Balaban J connectivity index is 1.94. The van der Waals surface area contributed by atoms with E-state index in [0.29, 0.717) is 6.04 Å². The van der Waals surface area contributed by atoms with Gasteiger partial charge in [0.15, 0.2) is 0 Å². The summed E-state index contributed by atoms with van der Waals surface area (Å²) < 4.78 is 0. The molecule has 1 unspecified atom stereocenters. The molecule has 0 heterocycles. The van der Waals surface area contributed by atoms with Gasteiger partial charge in [-0.2, -0.15) is 0 Å². The van der Waals surface area contributed by atoms with E-state index in [1.54, 1.807) is 11.1 Å². The maximum Gasteiger partial charge on any atom is 0.00770 e. The van der Waals surface area contributed by atoms with E-state index in [-0.39, 0.29) is 0 Å². The smallest absolute Gasteiger partial charge is 0.00770 e. The van der Waals surface area contributed by atoms with Gasteiger partial charge in [0.2, 0.25) is 0 Å². The second-order valence-corrected chi connectivity index (χ2v) is 4.41. The molecule has 1 nitrogen and oxygen atoms in total. The van der Waals surface area contributed by atoms with Crippen LogP contribution in [0.3, 0.4) is 0 Å². The third kappa shape index (κ3) is 1.11. The summed E-state index contributed by atoms with van der Waals surface area (Å²) >= 11 is 0. The van der Waals surface area contributed by atoms with Crippen LogP contribution in [0.25, 0.3) is 0 Å². The predicted molar refractivity (Wildman–Crippen MR) is 53.6 cm³/mol. The SMILES string of the molecule is N[C@@H]1C[C@H]1C1CCc2ccccc21. The summed E-state index contributed by atoms with van der Waals surface area (Å²) in [6, 6.07) is 9.36. The number of benzene rings is 1. The highest BCUT2D eigenvalue weighted by atomic mass is 14.8. The summed E-state index contributed by atoms with van der Waals surface area (Å²) in [5, 5.41) is 0. The van der Waals surface area contributed by atoms with Crippen molar-refractivity contribution in [3.8, 4) is 0 Å². The lowest BCUT2D eigenvalue weighted by Gasteiger charge is -2.09. The van der Waals surface area contributed by atoms with Gasteiger partial charge in [-0.3, -0.25) is 0 Å². The van der Waals surface area contributed by atoms with Crippen molar-refractivity contribution in [3.63, 3.8) is 0 Å². The molecule has 1 heteroatoms. The van der Waals surface area contributed by atoms with Crippen LogP contribution in [0.15, 0.2) is 24.3 Å². The maximum atomic E-state index is 5.90. The van der Waals surface area contributed by atoms with Crippen molar-refractivity contribution in [2.24, 2.45) is 11.7 Å². The Kier molecular flexibility index (Phi) is 1.50.